The fourth-order valence-corrected chi connectivity index (χ4v) is 3.65. The Morgan fingerprint density at radius 2 is 2.33 bits per heavy atom. The van der Waals surface area contributed by atoms with Crippen molar-refractivity contribution in [3.8, 4) is 0 Å². The summed E-state index contributed by atoms with van der Waals surface area (Å²) >= 11 is 4.06. The molecule has 1 heterocycles. The van der Waals surface area contributed by atoms with Crippen LogP contribution in [-0.2, 0) is 0 Å². The summed E-state index contributed by atoms with van der Waals surface area (Å²) < 4.78 is 0. The van der Waals surface area contributed by atoms with E-state index in [1.165, 1.54) is 17.3 Å². The summed E-state index contributed by atoms with van der Waals surface area (Å²) in [7, 11) is 0. The highest BCUT2D eigenvalue weighted by Gasteiger charge is 2.17. The smallest absolute Gasteiger partial charge is 0.0287 e. The van der Waals surface area contributed by atoms with Gasteiger partial charge in [0.15, 0.2) is 0 Å². The average Bonchev–Trinajstić information content (AvgIpc) is 1.90. The Bertz CT molecular complexity index is 79.1. The van der Waals surface area contributed by atoms with Gasteiger partial charge in [0.05, 0.1) is 0 Å². The number of hydrogen-bond donors (Lipinski definition) is 1. The molecule has 0 saturated carbocycles. The van der Waals surface area contributed by atoms with Crippen LogP contribution in [0.5, 0.6) is 0 Å². The molecule has 0 radical (unpaired) electrons. The molecule has 1 nitrogen and oxygen atoms in total. The first kappa shape index (κ1) is 7.76. The molecule has 1 saturated heterocycles. The molecule has 0 aromatic heterocycles. The summed E-state index contributed by atoms with van der Waals surface area (Å²) in [5.74, 6) is 3.85. The lowest BCUT2D eigenvalue weighted by Gasteiger charge is -2.23. The predicted octanol–water partition coefficient (Wildman–Crippen LogP) is 1.18. The van der Waals surface area contributed by atoms with Crippen molar-refractivity contribution in [3.05, 3.63) is 0 Å². The Labute approximate surface area is 65.1 Å². The van der Waals surface area contributed by atoms with Crippen LogP contribution in [0.1, 0.15) is 6.92 Å². The van der Waals surface area contributed by atoms with Crippen molar-refractivity contribution in [2.45, 2.75) is 18.2 Å². The van der Waals surface area contributed by atoms with Crippen molar-refractivity contribution in [1.29, 1.82) is 0 Å². The first-order chi connectivity index (χ1) is 4.30. The summed E-state index contributed by atoms with van der Waals surface area (Å²) in [6, 6.07) is 0.378. The van der Waals surface area contributed by atoms with E-state index in [1.807, 2.05) is 23.5 Å². The molecule has 0 spiro atoms. The van der Waals surface area contributed by atoms with Crippen LogP contribution in [0.3, 0.4) is 0 Å². The Balaban J connectivity index is 2.23. The third-order valence-corrected chi connectivity index (χ3v) is 4.45. The van der Waals surface area contributed by atoms with Crippen molar-refractivity contribution in [2.24, 2.45) is 5.73 Å². The maximum Gasteiger partial charge on any atom is 0.0287 e. The van der Waals surface area contributed by atoms with Crippen molar-refractivity contribution < 1.29 is 0 Å². The molecule has 0 aliphatic carbocycles. The third kappa shape index (κ3) is 2.40. The topological polar surface area (TPSA) is 26.0 Å². The van der Waals surface area contributed by atoms with Crippen LogP contribution < -0.4 is 5.73 Å². The number of thioether (sulfide) groups is 2. The van der Waals surface area contributed by atoms with Gasteiger partial charge in [0, 0.05) is 28.6 Å². The molecule has 0 amide bonds. The van der Waals surface area contributed by atoms with E-state index in [4.69, 9.17) is 5.73 Å². The van der Waals surface area contributed by atoms with Crippen molar-refractivity contribution in [1.82, 2.24) is 0 Å². The predicted molar refractivity (Wildman–Crippen MR) is 47.2 cm³/mol. The molecule has 2 atom stereocenters. The molecule has 0 aromatic rings. The molecule has 1 fully saturated rings. The zero-order valence-electron chi connectivity index (χ0n) is 5.67. The SMILES string of the molecule is C[C@H](N)C1CSCCS1. The Kier molecular flexibility index (Phi) is 3.22. The Hall–Kier alpha value is 0.660. The van der Waals surface area contributed by atoms with Crippen LogP contribution in [0.4, 0.5) is 0 Å². The zero-order chi connectivity index (χ0) is 6.69. The van der Waals surface area contributed by atoms with Gasteiger partial charge in [-0.1, -0.05) is 0 Å². The van der Waals surface area contributed by atoms with Gasteiger partial charge >= 0.3 is 0 Å². The third-order valence-electron chi connectivity index (χ3n) is 1.43. The first-order valence-corrected chi connectivity index (χ1v) is 5.46. The minimum absolute atomic E-state index is 0.378. The van der Waals surface area contributed by atoms with Gasteiger partial charge < -0.3 is 5.73 Å². The zero-order valence-corrected chi connectivity index (χ0v) is 7.30. The van der Waals surface area contributed by atoms with E-state index in [1.54, 1.807) is 0 Å². The molecule has 1 aliphatic heterocycles. The lowest BCUT2D eigenvalue weighted by Crippen LogP contribution is -2.33. The van der Waals surface area contributed by atoms with Gasteiger partial charge in [-0.25, -0.2) is 0 Å². The fourth-order valence-electron chi connectivity index (χ4n) is 0.810. The van der Waals surface area contributed by atoms with E-state index in [2.05, 4.69) is 6.92 Å². The highest BCUT2D eigenvalue weighted by molar-refractivity contribution is 8.06. The van der Waals surface area contributed by atoms with E-state index in [9.17, 15) is 0 Å². The maximum atomic E-state index is 5.73. The van der Waals surface area contributed by atoms with Crippen LogP contribution in [0.2, 0.25) is 0 Å². The van der Waals surface area contributed by atoms with E-state index < -0.39 is 0 Å². The van der Waals surface area contributed by atoms with Gasteiger partial charge in [0.1, 0.15) is 0 Å². The molecule has 1 aliphatic rings. The highest BCUT2D eigenvalue weighted by atomic mass is 32.2. The first-order valence-electron chi connectivity index (χ1n) is 3.25. The summed E-state index contributed by atoms with van der Waals surface area (Å²) in [5, 5.41) is 0.712. The van der Waals surface area contributed by atoms with Crippen LogP contribution >= 0.6 is 23.5 Å². The fraction of sp³-hybridized carbons (Fsp3) is 1.00. The van der Waals surface area contributed by atoms with Gasteiger partial charge in [-0.3, -0.25) is 0 Å². The summed E-state index contributed by atoms with van der Waals surface area (Å²) in [6.45, 7) is 2.10. The van der Waals surface area contributed by atoms with Crippen LogP contribution in [0, 0.1) is 0 Å². The van der Waals surface area contributed by atoms with E-state index in [0.717, 1.165) is 0 Å². The molecule has 9 heavy (non-hydrogen) atoms. The standard InChI is InChI=1S/C6H13NS2/c1-5(7)6-4-8-2-3-9-6/h5-6H,2-4,7H2,1H3/t5-,6?/m0/s1. The quantitative estimate of drug-likeness (QED) is 0.628. The van der Waals surface area contributed by atoms with Gasteiger partial charge in [-0.2, -0.15) is 23.5 Å². The van der Waals surface area contributed by atoms with Gasteiger partial charge in [-0.05, 0) is 6.92 Å². The number of hydrogen-bond acceptors (Lipinski definition) is 3. The summed E-state index contributed by atoms with van der Waals surface area (Å²) in [5.41, 5.74) is 5.73. The molecular weight excluding hydrogens is 150 g/mol. The number of nitrogens with two attached hydrogens (primary N) is 1. The van der Waals surface area contributed by atoms with Gasteiger partial charge in [0.25, 0.3) is 0 Å². The second kappa shape index (κ2) is 3.74. The Morgan fingerprint density at radius 3 is 2.67 bits per heavy atom. The molecular formula is C6H13NS2. The van der Waals surface area contributed by atoms with E-state index in [-0.39, 0.29) is 0 Å². The largest absolute Gasteiger partial charge is 0.327 e. The van der Waals surface area contributed by atoms with Gasteiger partial charge in [0.2, 0.25) is 0 Å². The van der Waals surface area contributed by atoms with Gasteiger partial charge in [-0.15, -0.1) is 0 Å². The molecule has 1 unspecified atom stereocenters. The van der Waals surface area contributed by atoms with Crippen LogP contribution in [0.15, 0.2) is 0 Å². The summed E-state index contributed by atoms with van der Waals surface area (Å²) in [4.78, 5) is 0. The van der Waals surface area contributed by atoms with Crippen LogP contribution in [-0.4, -0.2) is 28.6 Å². The van der Waals surface area contributed by atoms with Crippen LogP contribution in [0.25, 0.3) is 0 Å². The maximum absolute atomic E-state index is 5.73. The summed E-state index contributed by atoms with van der Waals surface area (Å²) in [6.07, 6.45) is 0. The molecule has 1 rings (SSSR count). The van der Waals surface area contributed by atoms with Crippen molar-refractivity contribution >= 4 is 23.5 Å². The monoisotopic (exact) mass is 163 g/mol. The number of rotatable bonds is 1. The van der Waals surface area contributed by atoms with Crippen molar-refractivity contribution in [2.75, 3.05) is 17.3 Å². The molecule has 0 aromatic carbocycles. The molecule has 3 heteroatoms. The minimum atomic E-state index is 0.378. The molecule has 54 valence electrons. The molecule has 0 bridgehead atoms. The highest BCUT2D eigenvalue weighted by Crippen LogP contribution is 2.25. The lowest BCUT2D eigenvalue weighted by atomic mass is 10.3. The van der Waals surface area contributed by atoms with E-state index >= 15 is 0 Å². The normalized spacial score (nSPS) is 32.0. The Morgan fingerprint density at radius 1 is 1.56 bits per heavy atom. The second-order valence-electron chi connectivity index (χ2n) is 2.34. The second-order valence-corrected chi connectivity index (χ2v) is 4.84. The minimum Gasteiger partial charge on any atom is -0.327 e. The lowest BCUT2D eigenvalue weighted by molar-refractivity contribution is 0.735. The van der Waals surface area contributed by atoms with Crippen molar-refractivity contribution in [3.63, 3.8) is 0 Å². The average molecular weight is 163 g/mol. The molecule has 2 N–H and O–H groups in total. The van der Waals surface area contributed by atoms with E-state index in [0.29, 0.717) is 11.3 Å².